The molecule has 2 amide bonds. The Bertz CT molecular complexity index is 473. The number of urea groups is 1. The molecule has 0 bridgehead atoms. The van der Waals surface area contributed by atoms with Gasteiger partial charge >= 0.3 is 6.03 Å². The average Bonchev–Trinajstić information content (AvgIpc) is 3.00. The van der Waals surface area contributed by atoms with Crippen molar-refractivity contribution in [2.45, 2.75) is 32.4 Å². The molecule has 1 fully saturated rings. The normalized spacial score (nSPS) is 17.9. The van der Waals surface area contributed by atoms with Crippen LogP contribution in [0.1, 0.15) is 25.1 Å². The first-order valence-corrected chi connectivity index (χ1v) is 8.13. The Balaban J connectivity index is 1.70. The predicted molar refractivity (Wildman–Crippen MR) is 84.9 cm³/mol. The fourth-order valence-corrected chi connectivity index (χ4v) is 2.61. The van der Waals surface area contributed by atoms with E-state index in [1.54, 1.807) is 25.4 Å². The lowest BCUT2D eigenvalue weighted by atomic mass is 9.99. The molecule has 8 nitrogen and oxygen atoms in total. The molecule has 8 heteroatoms. The van der Waals surface area contributed by atoms with Crippen molar-refractivity contribution in [2.75, 3.05) is 40.5 Å². The topological polar surface area (TPSA) is 81.5 Å². The molecule has 1 aliphatic rings. The number of aromatic nitrogens is 3. The molecule has 1 aromatic heterocycles. The standard InChI is InChI=1S/C15H27N5O3/c1-19(10-14-18-17-12-20(14)7-9-22-2)15(21)16-6-5-13-4-3-8-23-11-13/h12-13H,3-11H2,1-2H3,(H,16,21)/t13-/m0/s1. The van der Waals surface area contributed by atoms with Crippen LogP contribution >= 0.6 is 0 Å². The van der Waals surface area contributed by atoms with Gasteiger partial charge in [-0.15, -0.1) is 10.2 Å². The molecule has 23 heavy (non-hydrogen) atoms. The predicted octanol–water partition coefficient (Wildman–Crippen LogP) is 0.883. The Morgan fingerprint density at radius 2 is 2.48 bits per heavy atom. The second kappa shape index (κ2) is 9.46. The van der Waals surface area contributed by atoms with E-state index in [0.717, 1.165) is 31.9 Å². The van der Waals surface area contributed by atoms with Crippen LogP contribution in [0.15, 0.2) is 6.33 Å². The molecule has 1 aromatic rings. The summed E-state index contributed by atoms with van der Waals surface area (Å²) in [4.78, 5) is 13.8. The second-order valence-corrected chi connectivity index (χ2v) is 5.89. The summed E-state index contributed by atoms with van der Waals surface area (Å²) in [5, 5.41) is 10.9. The fraction of sp³-hybridized carbons (Fsp3) is 0.800. The van der Waals surface area contributed by atoms with E-state index in [1.807, 2.05) is 4.57 Å². The summed E-state index contributed by atoms with van der Waals surface area (Å²) < 4.78 is 12.4. The van der Waals surface area contributed by atoms with Gasteiger partial charge in [-0.05, 0) is 25.2 Å². The van der Waals surface area contributed by atoms with Crippen LogP contribution in [0.5, 0.6) is 0 Å². The van der Waals surface area contributed by atoms with E-state index in [1.165, 1.54) is 6.42 Å². The van der Waals surface area contributed by atoms with Crippen molar-refractivity contribution >= 4 is 6.03 Å². The zero-order valence-corrected chi connectivity index (χ0v) is 14.0. The van der Waals surface area contributed by atoms with E-state index in [9.17, 15) is 4.79 Å². The highest BCUT2D eigenvalue weighted by Crippen LogP contribution is 2.16. The first kappa shape index (κ1) is 17.7. The third-order valence-corrected chi connectivity index (χ3v) is 4.04. The minimum Gasteiger partial charge on any atom is -0.383 e. The monoisotopic (exact) mass is 325 g/mol. The van der Waals surface area contributed by atoms with Crippen LogP contribution in [0.2, 0.25) is 0 Å². The molecule has 1 saturated heterocycles. The third-order valence-electron chi connectivity index (χ3n) is 4.04. The number of methoxy groups -OCH3 is 1. The van der Waals surface area contributed by atoms with Gasteiger partial charge in [0.1, 0.15) is 6.33 Å². The SMILES string of the molecule is COCCn1cnnc1CN(C)C(=O)NCC[C@@H]1CCCOC1. The second-order valence-electron chi connectivity index (χ2n) is 5.89. The van der Waals surface area contributed by atoms with Crippen LogP contribution < -0.4 is 5.32 Å². The lowest BCUT2D eigenvalue weighted by Gasteiger charge is -2.23. The lowest BCUT2D eigenvalue weighted by Crippen LogP contribution is -2.38. The third kappa shape index (κ3) is 5.80. The van der Waals surface area contributed by atoms with Crippen LogP contribution in [-0.2, 0) is 22.6 Å². The molecule has 2 rings (SSSR count). The first-order valence-electron chi connectivity index (χ1n) is 8.13. The molecule has 2 heterocycles. The summed E-state index contributed by atoms with van der Waals surface area (Å²) >= 11 is 0. The number of carbonyl (C=O) groups excluding carboxylic acids is 1. The smallest absolute Gasteiger partial charge is 0.317 e. The number of ether oxygens (including phenoxy) is 2. The molecular formula is C15H27N5O3. The van der Waals surface area contributed by atoms with Gasteiger partial charge in [0.05, 0.1) is 13.2 Å². The maximum atomic E-state index is 12.1. The van der Waals surface area contributed by atoms with E-state index >= 15 is 0 Å². The summed E-state index contributed by atoms with van der Waals surface area (Å²) in [7, 11) is 3.41. The van der Waals surface area contributed by atoms with E-state index in [2.05, 4.69) is 15.5 Å². The Morgan fingerprint density at radius 1 is 1.61 bits per heavy atom. The number of rotatable bonds is 8. The van der Waals surface area contributed by atoms with E-state index in [4.69, 9.17) is 9.47 Å². The van der Waals surface area contributed by atoms with Crippen molar-refractivity contribution in [1.29, 1.82) is 0 Å². The van der Waals surface area contributed by atoms with Gasteiger partial charge < -0.3 is 24.3 Å². The molecule has 0 unspecified atom stereocenters. The number of nitrogens with zero attached hydrogens (tertiary/aromatic N) is 4. The van der Waals surface area contributed by atoms with Crippen molar-refractivity contribution in [2.24, 2.45) is 5.92 Å². The highest BCUT2D eigenvalue weighted by molar-refractivity contribution is 5.73. The molecule has 0 spiro atoms. The molecule has 1 aliphatic heterocycles. The van der Waals surface area contributed by atoms with Gasteiger partial charge in [-0.1, -0.05) is 0 Å². The van der Waals surface area contributed by atoms with Crippen LogP contribution in [0, 0.1) is 5.92 Å². The van der Waals surface area contributed by atoms with Crippen LogP contribution in [0.4, 0.5) is 4.79 Å². The zero-order valence-electron chi connectivity index (χ0n) is 14.0. The van der Waals surface area contributed by atoms with Crippen LogP contribution in [0.3, 0.4) is 0 Å². The lowest BCUT2D eigenvalue weighted by molar-refractivity contribution is 0.0519. The highest BCUT2D eigenvalue weighted by atomic mass is 16.5. The first-order chi connectivity index (χ1) is 11.2. The maximum absolute atomic E-state index is 12.1. The van der Waals surface area contributed by atoms with E-state index in [-0.39, 0.29) is 6.03 Å². The van der Waals surface area contributed by atoms with Crippen molar-refractivity contribution in [3.63, 3.8) is 0 Å². The minimum absolute atomic E-state index is 0.0944. The average molecular weight is 325 g/mol. The Kier molecular flexibility index (Phi) is 7.28. The van der Waals surface area contributed by atoms with Gasteiger partial charge in [-0.2, -0.15) is 0 Å². The molecule has 0 saturated carbocycles. The molecule has 130 valence electrons. The van der Waals surface area contributed by atoms with Crippen molar-refractivity contribution in [3.05, 3.63) is 12.2 Å². The molecule has 1 N–H and O–H groups in total. The highest BCUT2D eigenvalue weighted by Gasteiger charge is 2.16. The maximum Gasteiger partial charge on any atom is 0.317 e. The molecule has 1 atom stereocenters. The number of nitrogens with one attached hydrogen (secondary N) is 1. The van der Waals surface area contributed by atoms with Crippen molar-refractivity contribution in [3.8, 4) is 0 Å². The summed E-state index contributed by atoms with van der Waals surface area (Å²) in [6.07, 6.45) is 4.93. The molecule has 0 aromatic carbocycles. The zero-order chi connectivity index (χ0) is 16.5. The minimum atomic E-state index is -0.0944. The number of carbonyl (C=O) groups is 1. The molecule has 0 aliphatic carbocycles. The van der Waals surface area contributed by atoms with Gasteiger partial charge in [-0.25, -0.2) is 4.79 Å². The Hall–Kier alpha value is -1.67. The number of amides is 2. The number of hydrogen-bond donors (Lipinski definition) is 1. The summed E-state index contributed by atoms with van der Waals surface area (Å²) in [6, 6.07) is -0.0944. The van der Waals surface area contributed by atoms with Gasteiger partial charge in [0.15, 0.2) is 5.82 Å². The Labute approximate surface area is 137 Å². The Morgan fingerprint density at radius 3 is 3.22 bits per heavy atom. The van der Waals surface area contributed by atoms with Crippen LogP contribution in [-0.4, -0.2) is 66.2 Å². The summed E-state index contributed by atoms with van der Waals surface area (Å²) in [6.45, 7) is 4.04. The van der Waals surface area contributed by atoms with E-state index in [0.29, 0.717) is 32.2 Å². The number of hydrogen-bond acceptors (Lipinski definition) is 5. The van der Waals surface area contributed by atoms with Gasteiger partial charge in [0.2, 0.25) is 0 Å². The summed E-state index contributed by atoms with van der Waals surface area (Å²) in [5.74, 6) is 1.31. The van der Waals surface area contributed by atoms with Crippen molar-refractivity contribution in [1.82, 2.24) is 25.0 Å². The van der Waals surface area contributed by atoms with Crippen LogP contribution in [0.25, 0.3) is 0 Å². The molecule has 0 radical (unpaired) electrons. The fourth-order valence-electron chi connectivity index (χ4n) is 2.61. The molecular weight excluding hydrogens is 298 g/mol. The van der Waals surface area contributed by atoms with Gasteiger partial charge in [0.25, 0.3) is 0 Å². The van der Waals surface area contributed by atoms with E-state index < -0.39 is 0 Å². The quantitative estimate of drug-likeness (QED) is 0.767. The van der Waals surface area contributed by atoms with Gasteiger partial charge in [-0.3, -0.25) is 0 Å². The van der Waals surface area contributed by atoms with Crippen molar-refractivity contribution < 1.29 is 14.3 Å². The summed E-state index contributed by atoms with van der Waals surface area (Å²) in [5.41, 5.74) is 0. The van der Waals surface area contributed by atoms with Gasteiger partial charge in [0, 0.05) is 40.5 Å². The largest absolute Gasteiger partial charge is 0.383 e.